The SMILES string of the molecule is Cc1cccc(F)c1NCc1cc(C(=O)O)cs1. The number of hydrogen-bond donors (Lipinski definition) is 2. The molecule has 1 heterocycles. The molecule has 0 bridgehead atoms. The molecule has 94 valence electrons. The third-order valence-electron chi connectivity index (χ3n) is 2.56. The maximum absolute atomic E-state index is 13.5. The fourth-order valence-electron chi connectivity index (χ4n) is 1.62. The van der Waals surface area contributed by atoms with Gasteiger partial charge in [0.1, 0.15) is 5.82 Å². The van der Waals surface area contributed by atoms with Gasteiger partial charge in [-0.05, 0) is 24.6 Å². The predicted octanol–water partition coefficient (Wildman–Crippen LogP) is 3.51. The summed E-state index contributed by atoms with van der Waals surface area (Å²) in [6, 6.07) is 6.47. The molecule has 2 rings (SSSR count). The van der Waals surface area contributed by atoms with Gasteiger partial charge in [-0.25, -0.2) is 9.18 Å². The van der Waals surface area contributed by atoms with E-state index < -0.39 is 5.97 Å². The van der Waals surface area contributed by atoms with Crippen molar-refractivity contribution in [1.82, 2.24) is 0 Å². The summed E-state index contributed by atoms with van der Waals surface area (Å²) < 4.78 is 13.5. The van der Waals surface area contributed by atoms with Gasteiger partial charge in [-0.2, -0.15) is 0 Å². The summed E-state index contributed by atoms with van der Waals surface area (Å²) in [5.74, 6) is -1.25. The van der Waals surface area contributed by atoms with Crippen molar-refractivity contribution in [3.05, 3.63) is 51.5 Å². The second-order valence-corrected chi connectivity index (χ2v) is 4.89. The van der Waals surface area contributed by atoms with Crippen molar-refractivity contribution < 1.29 is 14.3 Å². The largest absolute Gasteiger partial charge is 0.478 e. The number of halogens is 1. The molecule has 5 heteroatoms. The number of hydrogen-bond acceptors (Lipinski definition) is 3. The molecular formula is C13H12FNO2S. The lowest BCUT2D eigenvalue weighted by Crippen LogP contribution is -2.02. The molecule has 0 amide bonds. The Hall–Kier alpha value is -1.88. The molecule has 0 unspecified atom stereocenters. The molecule has 2 N–H and O–H groups in total. The maximum Gasteiger partial charge on any atom is 0.336 e. The first kappa shape index (κ1) is 12.6. The van der Waals surface area contributed by atoms with Gasteiger partial charge in [0.05, 0.1) is 11.3 Å². The molecule has 1 aromatic carbocycles. The van der Waals surface area contributed by atoms with Crippen LogP contribution in [0.2, 0.25) is 0 Å². The normalized spacial score (nSPS) is 10.3. The predicted molar refractivity (Wildman–Crippen MR) is 69.7 cm³/mol. The summed E-state index contributed by atoms with van der Waals surface area (Å²) in [6.07, 6.45) is 0. The molecule has 0 atom stereocenters. The second kappa shape index (κ2) is 5.18. The van der Waals surface area contributed by atoms with Crippen LogP contribution < -0.4 is 5.32 Å². The van der Waals surface area contributed by atoms with Gasteiger partial charge in [0.15, 0.2) is 0 Å². The van der Waals surface area contributed by atoms with E-state index >= 15 is 0 Å². The van der Waals surface area contributed by atoms with Crippen LogP contribution in [0.3, 0.4) is 0 Å². The van der Waals surface area contributed by atoms with Crippen molar-refractivity contribution in [2.24, 2.45) is 0 Å². The van der Waals surface area contributed by atoms with Crippen LogP contribution in [-0.2, 0) is 6.54 Å². The minimum absolute atomic E-state index is 0.266. The van der Waals surface area contributed by atoms with Crippen molar-refractivity contribution in [1.29, 1.82) is 0 Å². The number of benzene rings is 1. The lowest BCUT2D eigenvalue weighted by molar-refractivity contribution is 0.0697. The van der Waals surface area contributed by atoms with Crippen LogP contribution in [0, 0.1) is 12.7 Å². The van der Waals surface area contributed by atoms with E-state index in [4.69, 9.17) is 5.11 Å². The fourth-order valence-corrected chi connectivity index (χ4v) is 2.41. The molecule has 18 heavy (non-hydrogen) atoms. The van der Waals surface area contributed by atoms with Gasteiger partial charge in [0.25, 0.3) is 0 Å². The summed E-state index contributed by atoms with van der Waals surface area (Å²) in [5, 5.41) is 13.4. The molecule has 0 fully saturated rings. The lowest BCUT2D eigenvalue weighted by Gasteiger charge is -2.09. The molecule has 0 radical (unpaired) electrons. The molecule has 0 saturated carbocycles. The van der Waals surface area contributed by atoms with Crippen molar-refractivity contribution in [2.45, 2.75) is 13.5 Å². The fraction of sp³-hybridized carbons (Fsp3) is 0.154. The molecule has 0 spiro atoms. The zero-order valence-corrected chi connectivity index (χ0v) is 10.6. The van der Waals surface area contributed by atoms with Crippen molar-refractivity contribution >= 4 is 23.0 Å². The van der Waals surface area contributed by atoms with Gasteiger partial charge in [0.2, 0.25) is 0 Å². The standard InChI is InChI=1S/C13H12FNO2S/c1-8-3-2-4-11(14)12(8)15-6-10-5-9(7-18-10)13(16)17/h2-5,7,15H,6H2,1H3,(H,16,17). The second-order valence-electron chi connectivity index (χ2n) is 3.89. The number of carbonyl (C=O) groups is 1. The van der Waals surface area contributed by atoms with Gasteiger partial charge in [-0.15, -0.1) is 11.3 Å². The van der Waals surface area contributed by atoms with Gasteiger partial charge >= 0.3 is 5.97 Å². The first-order chi connectivity index (χ1) is 8.58. The summed E-state index contributed by atoms with van der Waals surface area (Å²) in [6.45, 7) is 2.24. The van der Waals surface area contributed by atoms with E-state index in [-0.39, 0.29) is 11.4 Å². The molecule has 0 aliphatic rings. The molecule has 0 saturated heterocycles. The third kappa shape index (κ3) is 2.68. The molecule has 2 aromatic rings. The van der Waals surface area contributed by atoms with Crippen LogP contribution in [0.1, 0.15) is 20.8 Å². The van der Waals surface area contributed by atoms with E-state index in [0.717, 1.165) is 10.4 Å². The van der Waals surface area contributed by atoms with E-state index in [1.807, 2.05) is 13.0 Å². The average Bonchev–Trinajstić information content (AvgIpc) is 2.77. The highest BCUT2D eigenvalue weighted by molar-refractivity contribution is 7.10. The van der Waals surface area contributed by atoms with E-state index in [1.165, 1.54) is 17.4 Å². The Morgan fingerprint density at radius 1 is 1.50 bits per heavy atom. The highest BCUT2D eigenvalue weighted by Crippen LogP contribution is 2.21. The summed E-state index contributed by atoms with van der Waals surface area (Å²) >= 11 is 1.34. The van der Waals surface area contributed by atoms with Gasteiger partial charge in [-0.1, -0.05) is 12.1 Å². The van der Waals surface area contributed by atoms with E-state index in [9.17, 15) is 9.18 Å². The highest BCUT2D eigenvalue weighted by Gasteiger charge is 2.08. The molecule has 3 nitrogen and oxygen atoms in total. The van der Waals surface area contributed by atoms with Gasteiger partial charge in [-0.3, -0.25) is 0 Å². The van der Waals surface area contributed by atoms with E-state index in [0.29, 0.717) is 12.2 Å². The number of carboxylic acid groups (broad SMARTS) is 1. The highest BCUT2D eigenvalue weighted by atomic mass is 32.1. The number of aromatic carboxylic acids is 1. The summed E-state index contributed by atoms with van der Waals surface area (Å²) in [7, 11) is 0. The van der Waals surface area contributed by atoms with E-state index in [2.05, 4.69) is 5.32 Å². The molecule has 0 aliphatic heterocycles. The lowest BCUT2D eigenvalue weighted by atomic mass is 10.2. The number of thiophene rings is 1. The minimum Gasteiger partial charge on any atom is -0.478 e. The Labute approximate surface area is 108 Å². The summed E-state index contributed by atoms with van der Waals surface area (Å²) in [5.41, 5.74) is 1.55. The minimum atomic E-state index is -0.945. The number of rotatable bonds is 4. The Bertz CT molecular complexity index is 560. The quantitative estimate of drug-likeness (QED) is 0.889. The zero-order chi connectivity index (χ0) is 13.1. The number of nitrogens with one attached hydrogen (secondary N) is 1. The van der Waals surface area contributed by atoms with Crippen LogP contribution in [-0.4, -0.2) is 11.1 Å². The van der Waals surface area contributed by atoms with Crippen LogP contribution in [0.4, 0.5) is 10.1 Å². The Morgan fingerprint density at radius 3 is 2.89 bits per heavy atom. The van der Waals surface area contributed by atoms with Crippen molar-refractivity contribution in [3.63, 3.8) is 0 Å². The van der Waals surface area contributed by atoms with E-state index in [1.54, 1.807) is 17.5 Å². The van der Waals surface area contributed by atoms with Crippen molar-refractivity contribution in [3.8, 4) is 0 Å². The van der Waals surface area contributed by atoms with Crippen LogP contribution in [0.5, 0.6) is 0 Å². The van der Waals surface area contributed by atoms with Gasteiger partial charge in [0, 0.05) is 16.8 Å². The van der Waals surface area contributed by atoms with Crippen LogP contribution in [0.15, 0.2) is 29.6 Å². The van der Waals surface area contributed by atoms with Gasteiger partial charge < -0.3 is 10.4 Å². The van der Waals surface area contributed by atoms with Crippen molar-refractivity contribution in [2.75, 3.05) is 5.32 Å². The smallest absolute Gasteiger partial charge is 0.336 e. The van der Waals surface area contributed by atoms with Crippen LogP contribution >= 0.6 is 11.3 Å². The third-order valence-corrected chi connectivity index (χ3v) is 3.50. The monoisotopic (exact) mass is 265 g/mol. The number of anilines is 1. The maximum atomic E-state index is 13.5. The first-order valence-electron chi connectivity index (χ1n) is 5.37. The molecule has 0 aliphatic carbocycles. The van der Waals surface area contributed by atoms with Crippen LogP contribution in [0.25, 0.3) is 0 Å². The Kier molecular flexibility index (Phi) is 3.62. The first-order valence-corrected chi connectivity index (χ1v) is 6.25. The Morgan fingerprint density at radius 2 is 2.28 bits per heavy atom. The Balaban J connectivity index is 2.09. The number of carboxylic acids is 1. The molecule has 1 aromatic heterocycles. The average molecular weight is 265 g/mol. The number of para-hydroxylation sites is 1. The number of aryl methyl sites for hydroxylation is 1. The molecular weight excluding hydrogens is 253 g/mol. The topological polar surface area (TPSA) is 49.3 Å². The zero-order valence-electron chi connectivity index (χ0n) is 9.74. The summed E-state index contributed by atoms with van der Waals surface area (Å²) in [4.78, 5) is 11.6.